The van der Waals surface area contributed by atoms with Gasteiger partial charge in [0.25, 0.3) is 0 Å². The van der Waals surface area contributed by atoms with Gasteiger partial charge in [-0.05, 0) is 19.3 Å². The molecule has 1 aliphatic rings. The van der Waals surface area contributed by atoms with E-state index in [4.69, 9.17) is 0 Å². The van der Waals surface area contributed by atoms with Crippen LogP contribution in [-0.4, -0.2) is 25.2 Å². The highest BCUT2D eigenvalue weighted by Gasteiger charge is 2.33. The number of sulfone groups is 1. The van der Waals surface area contributed by atoms with Crippen LogP contribution in [0.5, 0.6) is 0 Å². The number of Topliss-reactive ketones (excluding diaryl/α,β-unsaturated/α-hetero) is 1. The molecule has 0 aromatic rings. The standard InChI is InChI=1S/C10H18O3S/c1-2-3-6-9(11)10-7-4-5-8-14(10,12)13/h10H,2-8H2,1H3. The smallest absolute Gasteiger partial charge is 0.160 e. The predicted octanol–water partition coefficient (Wildman–Crippen LogP) is 1.71. The van der Waals surface area contributed by atoms with Gasteiger partial charge in [-0.2, -0.15) is 0 Å². The third-order valence-electron chi connectivity index (χ3n) is 2.71. The van der Waals surface area contributed by atoms with Crippen molar-refractivity contribution in [3.8, 4) is 0 Å². The third-order valence-corrected chi connectivity index (χ3v) is 4.94. The Balaban J connectivity index is 2.61. The molecule has 0 aromatic carbocycles. The second kappa shape index (κ2) is 4.91. The maximum absolute atomic E-state index is 11.6. The minimum atomic E-state index is -3.10. The number of carbonyl (C=O) groups is 1. The molecule has 0 spiro atoms. The van der Waals surface area contributed by atoms with Gasteiger partial charge < -0.3 is 0 Å². The number of carbonyl (C=O) groups excluding carboxylic acids is 1. The lowest BCUT2D eigenvalue weighted by Crippen LogP contribution is -2.35. The van der Waals surface area contributed by atoms with E-state index >= 15 is 0 Å². The molecule has 0 aromatic heterocycles. The SMILES string of the molecule is CCCCC(=O)C1CCCCS1(=O)=O. The van der Waals surface area contributed by atoms with Crippen LogP contribution in [0.3, 0.4) is 0 Å². The molecule has 0 saturated carbocycles. The van der Waals surface area contributed by atoms with Crippen LogP contribution in [0.4, 0.5) is 0 Å². The van der Waals surface area contributed by atoms with Crippen LogP contribution in [0.15, 0.2) is 0 Å². The Morgan fingerprint density at radius 2 is 2.07 bits per heavy atom. The van der Waals surface area contributed by atoms with Gasteiger partial charge in [0, 0.05) is 6.42 Å². The molecule has 0 N–H and O–H groups in total. The summed E-state index contributed by atoms with van der Waals surface area (Å²) in [4.78, 5) is 11.6. The summed E-state index contributed by atoms with van der Waals surface area (Å²) >= 11 is 0. The normalized spacial score (nSPS) is 25.9. The first kappa shape index (κ1) is 11.7. The zero-order valence-electron chi connectivity index (χ0n) is 8.66. The van der Waals surface area contributed by atoms with Gasteiger partial charge in [0.2, 0.25) is 0 Å². The van der Waals surface area contributed by atoms with Crippen LogP contribution in [-0.2, 0) is 14.6 Å². The Labute approximate surface area is 85.8 Å². The van der Waals surface area contributed by atoms with Gasteiger partial charge >= 0.3 is 0 Å². The molecule has 82 valence electrons. The van der Waals surface area contributed by atoms with E-state index in [9.17, 15) is 13.2 Å². The Kier molecular flexibility index (Phi) is 4.11. The van der Waals surface area contributed by atoms with Crippen molar-refractivity contribution >= 4 is 15.6 Å². The van der Waals surface area contributed by atoms with Crippen LogP contribution in [0, 0.1) is 0 Å². The molecule has 1 atom stereocenters. The topological polar surface area (TPSA) is 51.2 Å². The summed E-state index contributed by atoms with van der Waals surface area (Å²) in [5.41, 5.74) is 0. The third kappa shape index (κ3) is 2.80. The van der Waals surface area contributed by atoms with E-state index in [2.05, 4.69) is 0 Å². The van der Waals surface area contributed by atoms with E-state index in [0.29, 0.717) is 12.8 Å². The van der Waals surface area contributed by atoms with Crippen molar-refractivity contribution in [2.24, 2.45) is 0 Å². The molecule has 0 aliphatic carbocycles. The molecule has 0 radical (unpaired) electrons. The van der Waals surface area contributed by atoms with Gasteiger partial charge in [0.15, 0.2) is 15.6 Å². The van der Waals surface area contributed by atoms with E-state index in [0.717, 1.165) is 25.7 Å². The fraction of sp³-hybridized carbons (Fsp3) is 0.900. The first-order valence-corrected chi connectivity index (χ1v) is 7.03. The van der Waals surface area contributed by atoms with E-state index in [1.54, 1.807) is 0 Å². The minimum Gasteiger partial charge on any atom is -0.298 e. The van der Waals surface area contributed by atoms with Crippen molar-refractivity contribution in [1.82, 2.24) is 0 Å². The van der Waals surface area contributed by atoms with Crippen molar-refractivity contribution in [2.75, 3.05) is 5.75 Å². The van der Waals surface area contributed by atoms with Crippen molar-refractivity contribution in [1.29, 1.82) is 0 Å². The number of rotatable bonds is 4. The highest BCUT2D eigenvalue weighted by Crippen LogP contribution is 2.21. The number of unbranched alkanes of at least 4 members (excludes halogenated alkanes) is 1. The second-order valence-electron chi connectivity index (χ2n) is 3.92. The van der Waals surface area contributed by atoms with Crippen LogP contribution in [0.25, 0.3) is 0 Å². The van der Waals surface area contributed by atoms with Crippen LogP contribution in [0.2, 0.25) is 0 Å². The molecule has 3 nitrogen and oxygen atoms in total. The number of hydrogen-bond acceptors (Lipinski definition) is 3. The molecule has 1 heterocycles. The highest BCUT2D eigenvalue weighted by atomic mass is 32.2. The summed E-state index contributed by atoms with van der Waals surface area (Å²) in [6.07, 6.45) is 4.33. The monoisotopic (exact) mass is 218 g/mol. The largest absolute Gasteiger partial charge is 0.298 e. The molecule has 1 unspecified atom stereocenters. The Bertz CT molecular complexity index is 292. The van der Waals surface area contributed by atoms with Gasteiger partial charge in [0.05, 0.1) is 5.75 Å². The molecule has 1 rings (SSSR count). The van der Waals surface area contributed by atoms with E-state index in [1.807, 2.05) is 6.92 Å². The van der Waals surface area contributed by atoms with Crippen LogP contribution < -0.4 is 0 Å². The van der Waals surface area contributed by atoms with Crippen molar-refractivity contribution in [2.45, 2.75) is 50.7 Å². The molecule has 14 heavy (non-hydrogen) atoms. The fourth-order valence-electron chi connectivity index (χ4n) is 1.83. The molecule has 0 amide bonds. The summed E-state index contributed by atoms with van der Waals surface area (Å²) < 4.78 is 23.1. The van der Waals surface area contributed by atoms with Crippen LogP contribution in [0.1, 0.15) is 45.4 Å². The average Bonchev–Trinajstić information content (AvgIpc) is 2.13. The quantitative estimate of drug-likeness (QED) is 0.722. The lowest BCUT2D eigenvalue weighted by molar-refractivity contribution is -0.119. The minimum absolute atomic E-state index is 0.0634. The summed E-state index contributed by atoms with van der Waals surface area (Å²) in [7, 11) is -3.10. The van der Waals surface area contributed by atoms with Gasteiger partial charge in [-0.3, -0.25) is 4.79 Å². The molecule has 1 aliphatic heterocycles. The zero-order chi connectivity index (χ0) is 10.6. The average molecular weight is 218 g/mol. The molecule has 1 fully saturated rings. The highest BCUT2D eigenvalue weighted by molar-refractivity contribution is 7.92. The lowest BCUT2D eigenvalue weighted by Gasteiger charge is -2.20. The van der Waals surface area contributed by atoms with E-state index < -0.39 is 15.1 Å². The maximum atomic E-state index is 11.6. The molecular weight excluding hydrogens is 200 g/mol. The predicted molar refractivity (Wildman–Crippen MR) is 56.0 cm³/mol. The van der Waals surface area contributed by atoms with Crippen LogP contribution >= 0.6 is 0 Å². The lowest BCUT2D eigenvalue weighted by atomic mass is 10.1. The van der Waals surface area contributed by atoms with Gasteiger partial charge in [-0.1, -0.05) is 19.8 Å². The number of hydrogen-bond donors (Lipinski definition) is 0. The van der Waals surface area contributed by atoms with Crippen molar-refractivity contribution in [3.63, 3.8) is 0 Å². The molecule has 1 saturated heterocycles. The van der Waals surface area contributed by atoms with Gasteiger partial charge in [-0.15, -0.1) is 0 Å². The Hall–Kier alpha value is -0.380. The fourth-order valence-corrected chi connectivity index (χ4v) is 3.76. The first-order valence-electron chi connectivity index (χ1n) is 5.32. The molecule has 4 heteroatoms. The summed E-state index contributed by atoms with van der Waals surface area (Å²) in [6, 6.07) is 0. The van der Waals surface area contributed by atoms with Crippen molar-refractivity contribution < 1.29 is 13.2 Å². The Morgan fingerprint density at radius 1 is 1.36 bits per heavy atom. The summed E-state index contributed by atoms with van der Waals surface area (Å²) in [5.74, 6) is 0.141. The first-order chi connectivity index (χ1) is 6.58. The maximum Gasteiger partial charge on any atom is 0.160 e. The summed E-state index contributed by atoms with van der Waals surface area (Å²) in [5, 5.41) is -0.678. The van der Waals surface area contributed by atoms with E-state index in [1.165, 1.54) is 0 Å². The second-order valence-corrected chi connectivity index (χ2v) is 6.22. The summed E-state index contributed by atoms with van der Waals surface area (Å²) in [6.45, 7) is 2.00. The van der Waals surface area contributed by atoms with Gasteiger partial charge in [-0.25, -0.2) is 8.42 Å². The van der Waals surface area contributed by atoms with Crippen molar-refractivity contribution in [3.05, 3.63) is 0 Å². The van der Waals surface area contributed by atoms with Gasteiger partial charge in [0.1, 0.15) is 5.25 Å². The molecule has 0 bridgehead atoms. The Morgan fingerprint density at radius 3 is 2.64 bits per heavy atom. The molecular formula is C10H18O3S. The van der Waals surface area contributed by atoms with E-state index in [-0.39, 0.29) is 11.5 Å². The number of ketones is 1. The zero-order valence-corrected chi connectivity index (χ0v) is 9.48.